The molecule has 0 aliphatic carbocycles. The van der Waals surface area contributed by atoms with E-state index in [2.05, 4.69) is 24.0 Å². The van der Waals surface area contributed by atoms with E-state index in [0.29, 0.717) is 17.0 Å². The molecule has 0 spiro atoms. The van der Waals surface area contributed by atoms with E-state index in [1.165, 1.54) is 22.5 Å². The summed E-state index contributed by atoms with van der Waals surface area (Å²) in [6.45, 7) is 4.72. The summed E-state index contributed by atoms with van der Waals surface area (Å²) in [5.74, 6) is -0.894. The number of thiazole rings is 1. The number of benzene rings is 1. The molecule has 1 aromatic heterocycles. The van der Waals surface area contributed by atoms with E-state index in [-0.39, 0.29) is 0 Å². The number of hydrogen-bond donors (Lipinski definition) is 1. The minimum absolute atomic E-state index is 0.346. The maximum atomic E-state index is 11.2. The van der Waals surface area contributed by atoms with Crippen LogP contribution in [0.4, 0.5) is 5.13 Å². The quantitative estimate of drug-likeness (QED) is 0.917. The van der Waals surface area contributed by atoms with Gasteiger partial charge in [-0.3, -0.25) is 0 Å². The Balaban J connectivity index is 2.23. The largest absolute Gasteiger partial charge is 0.477 e. The van der Waals surface area contributed by atoms with E-state index in [9.17, 15) is 9.90 Å². The van der Waals surface area contributed by atoms with Crippen LogP contribution in [0.1, 0.15) is 33.4 Å². The predicted molar refractivity (Wildman–Crippen MR) is 81.7 cm³/mol. The minimum atomic E-state index is -0.894. The second-order valence-electron chi connectivity index (χ2n) is 4.71. The second kappa shape index (κ2) is 6.05. The van der Waals surface area contributed by atoms with Gasteiger partial charge in [-0.1, -0.05) is 42.5 Å². The van der Waals surface area contributed by atoms with E-state index < -0.39 is 5.97 Å². The Labute approximate surface area is 122 Å². The summed E-state index contributed by atoms with van der Waals surface area (Å²) in [4.78, 5) is 18.0. The van der Waals surface area contributed by atoms with Gasteiger partial charge in [0.1, 0.15) is 4.88 Å². The zero-order valence-electron chi connectivity index (χ0n) is 11.9. The molecule has 0 radical (unpaired) electrons. The maximum Gasteiger partial charge on any atom is 0.347 e. The number of carboxylic acid groups (broad SMARTS) is 1. The van der Waals surface area contributed by atoms with Crippen molar-refractivity contribution in [3.63, 3.8) is 0 Å². The first-order valence-electron chi connectivity index (χ1n) is 6.51. The summed E-state index contributed by atoms with van der Waals surface area (Å²) in [7, 11) is 1.94. The average molecular weight is 290 g/mol. The number of aromatic nitrogens is 1. The van der Waals surface area contributed by atoms with E-state index in [1.807, 2.05) is 31.0 Å². The monoisotopic (exact) mass is 290 g/mol. The van der Waals surface area contributed by atoms with Crippen LogP contribution in [0.15, 0.2) is 24.3 Å². The van der Waals surface area contributed by atoms with Gasteiger partial charge in [0.05, 0.1) is 5.69 Å². The first kappa shape index (κ1) is 14.5. The van der Waals surface area contributed by atoms with Gasteiger partial charge in [0, 0.05) is 13.6 Å². The Hall–Kier alpha value is -1.88. The number of carboxylic acids is 1. The summed E-state index contributed by atoms with van der Waals surface area (Å²) in [5.41, 5.74) is 3.11. The lowest BCUT2D eigenvalue weighted by Crippen LogP contribution is -2.16. The van der Waals surface area contributed by atoms with Crippen LogP contribution in [0, 0.1) is 6.92 Å². The van der Waals surface area contributed by atoms with Crippen molar-refractivity contribution in [2.75, 3.05) is 11.9 Å². The summed E-state index contributed by atoms with van der Waals surface area (Å²) in [6, 6.07) is 8.18. The van der Waals surface area contributed by atoms with Crippen LogP contribution >= 0.6 is 11.3 Å². The van der Waals surface area contributed by atoms with Gasteiger partial charge in [-0.05, 0) is 24.5 Å². The number of hydrogen-bond acceptors (Lipinski definition) is 4. The third-order valence-corrected chi connectivity index (χ3v) is 4.41. The van der Waals surface area contributed by atoms with E-state index in [1.54, 1.807) is 0 Å². The van der Waals surface area contributed by atoms with Gasteiger partial charge < -0.3 is 10.0 Å². The molecule has 20 heavy (non-hydrogen) atoms. The van der Waals surface area contributed by atoms with Gasteiger partial charge in [-0.15, -0.1) is 0 Å². The Bertz CT molecular complexity index is 622. The van der Waals surface area contributed by atoms with Crippen LogP contribution in [-0.4, -0.2) is 23.1 Å². The number of nitrogens with zero attached hydrogens (tertiary/aromatic N) is 2. The molecule has 2 aromatic rings. The van der Waals surface area contributed by atoms with Crippen molar-refractivity contribution in [2.24, 2.45) is 0 Å². The standard InChI is InChI=1S/C15H18N2O2S/c1-4-12-13(14(18)19)20-15(16-12)17(3)9-11-8-6-5-7-10(11)2/h5-8H,4,9H2,1-3H3,(H,18,19). The smallest absolute Gasteiger partial charge is 0.347 e. The van der Waals surface area contributed by atoms with E-state index >= 15 is 0 Å². The van der Waals surface area contributed by atoms with Crippen LogP contribution in [0.5, 0.6) is 0 Å². The summed E-state index contributed by atoms with van der Waals surface area (Å²) in [5, 5.41) is 9.93. The molecule has 0 amide bonds. The molecule has 1 heterocycles. The highest BCUT2D eigenvalue weighted by molar-refractivity contribution is 7.17. The molecule has 0 saturated heterocycles. The fraction of sp³-hybridized carbons (Fsp3) is 0.333. The zero-order valence-corrected chi connectivity index (χ0v) is 12.7. The fourth-order valence-electron chi connectivity index (χ4n) is 2.02. The third kappa shape index (κ3) is 2.99. The molecule has 0 saturated carbocycles. The normalized spacial score (nSPS) is 10.6. The van der Waals surface area contributed by atoms with Crippen LogP contribution < -0.4 is 4.90 Å². The highest BCUT2D eigenvalue weighted by atomic mass is 32.1. The van der Waals surface area contributed by atoms with Crippen molar-refractivity contribution < 1.29 is 9.90 Å². The number of rotatable bonds is 5. The molecule has 5 heteroatoms. The Morgan fingerprint density at radius 2 is 2.10 bits per heavy atom. The highest BCUT2D eigenvalue weighted by Gasteiger charge is 2.18. The van der Waals surface area contributed by atoms with Crippen molar-refractivity contribution in [3.8, 4) is 0 Å². The van der Waals surface area contributed by atoms with Gasteiger partial charge in [0.25, 0.3) is 0 Å². The molecule has 106 valence electrons. The van der Waals surface area contributed by atoms with Crippen LogP contribution in [0.3, 0.4) is 0 Å². The molecule has 1 N–H and O–H groups in total. The molecular weight excluding hydrogens is 272 g/mol. The van der Waals surface area contributed by atoms with Crippen molar-refractivity contribution in [1.82, 2.24) is 4.98 Å². The molecule has 0 bridgehead atoms. The van der Waals surface area contributed by atoms with Gasteiger partial charge in [-0.25, -0.2) is 9.78 Å². The van der Waals surface area contributed by atoms with Gasteiger partial charge in [0.15, 0.2) is 5.13 Å². The van der Waals surface area contributed by atoms with Gasteiger partial charge >= 0.3 is 5.97 Å². The molecular formula is C15H18N2O2S. The van der Waals surface area contributed by atoms with Gasteiger partial charge in [-0.2, -0.15) is 0 Å². The van der Waals surface area contributed by atoms with Crippen LogP contribution in [-0.2, 0) is 13.0 Å². The lowest BCUT2D eigenvalue weighted by molar-refractivity contribution is 0.0701. The van der Waals surface area contributed by atoms with Crippen molar-refractivity contribution in [2.45, 2.75) is 26.8 Å². The minimum Gasteiger partial charge on any atom is -0.477 e. The Morgan fingerprint density at radius 3 is 2.65 bits per heavy atom. The molecule has 0 aliphatic rings. The number of anilines is 1. The lowest BCUT2D eigenvalue weighted by Gasteiger charge is -2.17. The topological polar surface area (TPSA) is 53.4 Å². The second-order valence-corrected chi connectivity index (χ2v) is 5.69. The molecule has 2 rings (SSSR count). The van der Waals surface area contributed by atoms with E-state index in [4.69, 9.17) is 0 Å². The average Bonchev–Trinajstić information content (AvgIpc) is 2.86. The number of aryl methyl sites for hydroxylation is 2. The number of carbonyl (C=O) groups is 1. The van der Waals surface area contributed by atoms with Crippen LogP contribution in [0.25, 0.3) is 0 Å². The highest BCUT2D eigenvalue weighted by Crippen LogP contribution is 2.27. The molecule has 0 unspecified atom stereocenters. The SMILES string of the molecule is CCc1nc(N(C)Cc2ccccc2C)sc1C(=O)O. The van der Waals surface area contributed by atoms with E-state index in [0.717, 1.165) is 11.7 Å². The third-order valence-electron chi connectivity index (χ3n) is 3.21. The lowest BCUT2D eigenvalue weighted by atomic mass is 10.1. The zero-order chi connectivity index (χ0) is 14.7. The van der Waals surface area contributed by atoms with Crippen molar-refractivity contribution in [3.05, 3.63) is 46.0 Å². The van der Waals surface area contributed by atoms with Crippen molar-refractivity contribution in [1.29, 1.82) is 0 Å². The molecule has 0 fully saturated rings. The first-order chi connectivity index (χ1) is 9.52. The molecule has 0 aliphatic heterocycles. The molecule has 1 aromatic carbocycles. The number of aromatic carboxylic acids is 1. The summed E-state index contributed by atoms with van der Waals surface area (Å²) >= 11 is 1.24. The molecule has 4 nitrogen and oxygen atoms in total. The fourth-order valence-corrected chi connectivity index (χ4v) is 2.97. The summed E-state index contributed by atoms with van der Waals surface area (Å²) in [6.07, 6.45) is 0.635. The Kier molecular flexibility index (Phi) is 4.39. The Morgan fingerprint density at radius 1 is 1.40 bits per heavy atom. The van der Waals surface area contributed by atoms with Gasteiger partial charge in [0.2, 0.25) is 0 Å². The predicted octanol–water partition coefficient (Wildman–Crippen LogP) is 3.35. The molecule has 0 atom stereocenters. The summed E-state index contributed by atoms with van der Waals surface area (Å²) < 4.78 is 0. The van der Waals surface area contributed by atoms with Crippen molar-refractivity contribution >= 4 is 22.4 Å². The first-order valence-corrected chi connectivity index (χ1v) is 7.33. The maximum absolute atomic E-state index is 11.2. The van der Waals surface area contributed by atoms with Crippen LogP contribution in [0.2, 0.25) is 0 Å².